The van der Waals surface area contributed by atoms with Crippen LogP contribution in [0.3, 0.4) is 0 Å². The summed E-state index contributed by atoms with van der Waals surface area (Å²) in [6.45, 7) is 5.80. The SMILES string of the molecule is Cc1cccc(CCN2[C@@H]3CC[C@H]2[C@H]2CNC[C@H]23)n1. The predicted octanol–water partition coefficient (Wildman–Crippen LogP) is 1.61. The Morgan fingerprint density at radius 1 is 1.21 bits per heavy atom. The molecule has 3 heteroatoms. The summed E-state index contributed by atoms with van der Waals surface area (Å²) in [4.78, 5) is 7.44. The van der Waals surface area contributed by atoms with Gasteiger partial charge in [-0.05, 0) is 56.8 Å². The van der Waals surface area contributed by atoms with Crippen molar-refractivity contribution in [3.05, 3.63) is 29.6 Å². The second kappa shape index (κ2) is 4.57. The van der Waals surface area contributed by atoms with Crippen LogP contribution >= 0.6 is 0 Å². The number of hydrogen-bond donors (Lipinski definition) is 1. The maximum Gasteiger partial charge on any atom is 0.0419 e. The average molecular weight is 257 g/mol. The Morgan fingerprint density at radius 3 is 2.63 bits per heavy atom. The van der Waals surface area contributed by atoms with Crippen molar-refractivity contribution < 1.29 is 0 Å². The molecule has 0 amide bonds. The van der Waals surface area contributed by atoms with Crippen molar-refractivity contribution in [1.82, 2.24) is 15.2 Å². The Hall–Kier alpha value is -0.930. The van der Waals surface area contributed by atoms with E-state index in [9.17, 15) is 0 Å². The first-order valence-corrected chi connectivity index (χ1v) is 7.72. The van der Waals surface area contributed by atoms with Crippen LogP contribution in [0, 0.1) is 18.8 Å². The molecule has 2 bridgehead atoms. The van der Waals surface area contributed by atoms with Crippen molar-refractivity contribution in [3.8, 4) is 0 Å². The van der Waals surface area contributed by atoms with E-state index in [1.54, 1.807) is 0 Å². The van der Waals surface area contributed by atoms with E-state index < -0.39 is 0 Å². The third kappa shape index (κ3) is 1.91. The highest BCUT2D eigenvalue weighted by Gasteiger charge is 2.53. The lowest BCUT2D eigenvalue weighted by Crippen LogP contribution is -2.35. The van der Waals surface area contributed by atoms with Crippen LogP contribution in [0.15, 0.2) is 18.2 Å². The Bertz CT molecular complexity index is 455. The van der Waals surface area contributed by atoms with Gasteiger partial charge in [-0.25, -0.2) is 0 Å². The zero-order chi connectivity index (χ0) is 12.8. The topological polar surface area (TPSA) is 28.2 Å². The van der Waals surface area contributed by atoms with Gasteiger partial charge in [0.1, 0.15) is 0 Å². The van der Waals surface area contributed by atoms with E-state index in [4.69, 9.17) is 0 Å². The van der Waals surface area contributed by atoms with E-state index >= 15 is 0 Å². The largest absolute Gasteiger partial charge is 0.316 e. The van der Waals surface area contributed by atoms with E-state index in [1.165, 1.54) is 38.2 Å². The maximum absolute atomic E-state index is 4.64. The van der Waals surface area contributed by atoms with E-state index in [1.807, 2.05) is 0 Å². The molecule has 102 valence electrons. The van der Waals surface area contributed by atoms with Crippen LogP contribution in [0.25, 0.3) is 0 Å². The fourth-order valence-corrected chi connectivity index (χ4v) is 4.72. The third-order valence-electron chi connectivity index (χ3n) is 5.48. The lowest BCUT2D eigenvalue weighted by Gasteiger charge is -2.24. The van der Waals surface area contributed by atoms with Crippen LogP contribution in [-0.4, -0.2) is 41.6 Å². The average Bonchev–Trinajstić information content (AvgIpc) is 3.08. The standard InChI is InChI=1S/C16H23N3/c1-11-3-2-4-12(18-11)7-8-19-15-5-6-16(19)14-10-17-9-13(14)15/h2-4,13-17H,5-10H2,1H3/t13-,14+,15-,16+. The quantitative estimate of drug-likeness (QED) is 0.892. The number of hydrogen-bond acceptors (Lipinski definition) is 3. The second-order valence-electron chi connectivity index (χ2n) is 6.46. The minimum atomic E-state index is 0.856. The van der Waals surface area contributed by atoms with Crippen LogP contribution in [0.4, 0.5) is 0 Å². The first-order chi connectivity index (χ1) is 9.33. The molecule has 0 radical (unpaired) electrons. The minimum Gasteiger partial charge on any atom is -0.316 e. The van der Waals surface area contributed by atoms with Gasteiger partial charge in [-0.15, -0.1) is 0 Å². The summed E-state index contributed by atoms with van der Waals surface area (Å²) < 4.78 is 0. The summed E-state index contributed by atoms with van der Waals surface area (Å²) in [6.07, 6.45) is 3.96. The lowest BCUT2D eigenvalue weighted by atomic mass is 9.82. The summed E-state index contributed by atoms with van der Waals surface area (Å²) in [5.74, 6) is 1.87. The summed E-state index contributed by atoms with van der Waals surface area (Å²) in [5.41, 5.74) is 2.40. The molecule has 4 heterocycles. The molecule has 3 saturated heterocycles. The van der Waals surface area contributed by atoms with Gasteiger partial charge < -0.3 is 5.32 Å². The molecule has 3 nitrogen and oxygen atoms in total. The highest BCUT2D eigenvalue weighted by Crippen LogP contribution is 2.47. The molecule has 19 heavy (non-hydrogen) atoms. The van der Waals surface area contributed by atoms with Crippen molar-refractivity contribution in [3.63, 3.8) is 0 Å². The molecule has 3 aliphatic rings. The van der Waals surface area contributed by atoms with Gasteiger partial charge >= 0.3 is 0 Å². The zero-order valence-corrected chi connectivity index (χ0v) is 11.7. The van der Waals surface area contributed by atoms with Crippen LogP contribution in [0.2, 0.25) is 0 Å². The maximum atomic E-state index is 4.64. The Morgan fingerprint density at radius 2 is 1.95 bits per heavy atom. The fourth-order valence-electron chi connectivity index (χ4n) is 4.72. The van der Waals surface area contributed by atoms with Gasteiger partial charge in [0.05, 0.1) is 0 Å². The van der Waals surface area contributed by atoms with Crippen molar-refractivity contribution in [2.24, 2.45) is 11.8 Å². The monoisotopic (exact) mass is 257 g/mol. The third-order valence-corrected chi connectivity index (χ3v) is 5.48. The summed E-state index contributed by atoms with van der Waals surface area (Å²) in [6, 6.07) is 8.10. The Labute approximate surface area is 115 Å². The molecule has 3 fully saturated rings. The van der Waals surface area contributed by atoms with Gasteiger partial charge in [0, 0.05) is 36.4 Å². The molecule has 4 atom stereocenters. The highest BCUT2D eigenvalue weighted by molar-refractivity contribution is 5.12. The van der Waals surface area contributed by atoms with Crippen LogP contribution in [-0.2, 0) is 6.42 Å². The van der Waals surface area contributed by atoms with E-state index in [0.717, 1.165) is 36.0 Å². The van der Waals surface area contributed by atoms with Crippen molar-refractivity contribution in [1.29, 1.82) is 0 Å². The van der Waals surface area contributed by atoms with Crippen molar-refractivity contribution in [2.45, 2.75) is 38.3 Å². The van der Waals surface area contributed by atoms with Crippen LogP contribution in [0.1, 0.15) is 24.2 Å². The van der Waals surface area contributed by atoms with E-state index in [0.29, 0.717) is 0 Å². The molecule has 0 unspecified atom stereocenters. The Kier molecular flexibility index (Phi) is 2.85. The number of aryl methyl sites for hydroxylation is 1. The normalized spacial score (nSPS) is 36.9. The second-order valence-corrected chi connectivity index (χ2v) is 6.46. The number of fused-ring (bicyclic) bond motifs is 5. The van der Waals surface area contributed by atoms with Crippen molar-refractivity contribution >= 4 is 0 Å². The number of nitrogens with zero attached hydrogens (tertiary/aromatic N) is 2. The Balaban J connectivity index is 1.44. The molecular weight excluding hydrogens is 234 g/mol. The molecular formula is C16H23N3. The number of rotatable bonds is 3. The lowest BCUT2D eigenvalue weighted by molar-refractivity contribution is 0.229. The summed E-state index contributed by atoms with van der Waals surface area (Å²) in [5, 5.41) is 3.59. The van der Waals surface area contributed by atoms with Crippen LogP contribution in [0.5, 0.6) is 0 Å². The highest BCUT2D eigenvalue weighted by atomic mass is 15.3. The van der Waals surface area contributed by atoms with Gasteiger partial charge in [-0.3, -0.25) is 9.88 Å². The summed E-state index contributed by atoms with van der Waals surface area (Å²) in [7, 11) is 0. The number of aromatic nitrogens is 1. The fraction of sp³-hybridized carbons (Fsp3) is 0.688. The zero-order valence-electron chi connectivity index (χ0n) is 11.7. The number of nitrogens with one attached hydrogen (secondary N) is 1. The molecule has 0 spiro atoms. The van der Waals surface area contributed by atoms with E-state index in [-0.39, 0.29) is 0 Å². The summed E-state index contributed by atoms with van der Waals surface area (Å²) >= 11 is 0. The first kappa shape index (κ1) is 11.9. The predicted molar refractivity (Wildman–Crippen MR) is 76.0 cm³/mol. The van der Waals surface area contributed by atoms with Gasteiger partial charge in [-0.2, -0.15) is 0 Å². The van der Waals surface area contributed by atoms with Gasteiger partial charge in [0.25, 0.3) is 0 Å². The molecule has 0 aliphatic carbocycles. The molecule has 3 aliphatic heterocycles. The van der Waals surface area contributed by atoms with Gasteiger partial charge in [-0.1, -0.05) is 6.07 Å². The van der Waals surface area contributed by atoms with Gasteiger partial charge in [0.15, 0.2) is 0 Å². The van der Waals surface area contributed by atoms with Crippen LogP contribution < -0.4 is 5.32 Å². The molecule has 1 N–H and O–H groups in total. The van der Waals surface area contributed by atoms with Gasteiger partial charge in [0.2, 0.25) is 0 Å². The molecule has 0 aromatic carbocycles. The first-order valence-electron chi connectivity index (χ1n) is 7.72. The minimum absolute atomic E-state index is 0.856. The number of pyridine rings is 1. The molecule has 1 aromatic heterocycles. The molecule has 4 rings (SSSR count). The smallest absolute Gasteiger partial charge is 0.0419 e. The van der Waals surface area contributed by atoms with Crippen molar-refractivity contribution in [2.75, 3.05) is 19.6 Å². The molecule has 1 aromatic rings. The van der Waals surface area contributed by atoms with E-state index in [2.05, 4.69) is 40.3 Å². The molecule has 0 saturated carbocycles.